The molecular formula is C16H16N4O4. The lowest BCUT2D eigenvalue weighted by Gasteiger charge is -2.11. The molecule has 0 bridgehead atoms. The molecule has 4 N–H and O–H groups in total. The maximum atomic E-state index is 11.4. The quantitative estimate of drug-likeness (QED) is 0.595. The molecule has 1 atom stereocenters. The van der Waals surface area contributed by atoms with E-state index in [0.717, 1.165) is 5.56 Å². The lowest BCUT2D eigenvalue weighted by molar-refractivity contribution is 0.0536. The summed E-state index contributed by atoms with van der Waals surface area (Å²) < 4.78 is 6.81. The Balaban J connectivity index is 1.92. The van der Waals surface area contributed by atoms with E-state index < -0.39 is 12.0 Å². The van der Waals surface area contributed by atoms with Crippen molar-refractivity contribution in [2.24, 2.45) is 5.73 Å². The van der Waals surface area contributed by atoms with Gasteiger partial charge >= 0.3 is 0 Å². The van der Waals surface area contributed by atoms with Gasteiger partial charge in [-0.1, -0.05) is 12.1 Å². The van der Waals surface area contributed by atoms with Gasteiger partial charge in [-0.3, -0.25) is 4.79 Å². The van der Waals surface area contributed by atoms with Crippen LogP contribution in [0.25, 0.3) is 16.9 Å². The van der Waals surface area contributed by atoms with E-state index in [4.69, 9.17) is 15.6 Å². The van der Waals surface area contributed by atoms with Crippen LogP contribution in [0.1, 0.15) is 10.5 Å². The number of benzene rings is 1. The number of primary amides is 1. The summed E-state index contributed by atoms with van der Waals surface area (Å²) in [7, 11) is 0. The zero-order valence-electron chi connectivity index (χ0n) is 12.7. The van der Waals surface area contributed by atoms with Gasteiger partial charge in [-0.15, -0.1) is 0 Å². The number of hydrogen-bond donors (Lipinski definition) is 3. The molecule has 0 radical (unpaired) electrons. The smallest absolute Gasteiger partial charge is 0.269 e. The predicted molar refractivity (Wildman–Crippen MR) is 85.5 cm³/mol. The number of amides is 1. The van der Waals surface area contributed by atoms with Crippen LogP contribution in [-0.4, -0.2) is 50.0 Å². The molecule has 0 fully saturated rings. The van der Waals surface area contributed by atoms with Crippen LogP contribution < -0.4 is 10.5 Å². The van der Waals surface area contributed by atoms with Crippen LogP contribution in [0.3, 0.4) is 0 Å². The monoisotopic (exact) mass is 328 g/mol. The van der Waals surface area contributed by atoms with E-state index >= 15 is 0 Å². The van der Waals surface area contributed by atoms with E-state index in [0.29, 0.717) is 17.1 Å². The maximum absolute atomic E-state index is 11.4. The molecule has 0 saturated heterocycles. The summed E-state index contributed by atoms with van der Waals surface area (Å²) in [6, 6.07) is 10.6. The fourth-order valence-electron chi connectivity index (χ4n) is 2.19. The first-order valence-corrected chi connectivity index (χ1v) is 7.25. The summed E-state index contributed by atoms with van der Waals surface area (Å²) in [6.45, 7) is -0.381. The number of aliphatic hydroxyl groups excluding tert-OH is 2. The molecule has 1 aromatic carbocycles. The van der Waals surface area contributed by atoms with Gasteiger partial charge in [0.2, 0.25) is 0 Å². The molecular weight excluding hydrogens is 312 g/mol. The maximum Gasteiger partial charge on any atom is 0.269 e. The third-order valence-electron chi connectivity index (χ3n) is 3.40. The number of fused-ring (bicyclic) bond motifs is 1. The Bertz CT molecular complexity index is 877. The number of hydrogen-bond acceptors (Lipinski definition) is 6. The number of rotatable bonds is 6. The Morgan fingerprint density at radius 3 is 2.92 bits per heavy atom. The van der Waals surface area contributed by atoms with Gasteiger partial charge in [-0.25, -0.2) is 9.50 Å². The van der Waals surface area contributed by atoms with Crippen molar-refractivity contribution in [1.82, 2.24) is 14.6 Å². The van der Waals surface area contributed by atoms with E-state index in [1.807, 2.05) is 6.07 Å². The minimum absolute atomic E-state index is 0.0141. The van der Waals surface area contributed by atoms with E-state index in [1.165, 1.54) is 10.7 Å². The third kappa shape index (κ3) is 3.19. The molecule has 1 unspecified atom stereocenters. The van der Waals surface area contributed by atoms with Crippen LogP contribution in [-0.2, 0) is 0 Å². The molecule has 2 aromatic heterocycles. The van der Waals surface area contributed by atoms with Gasteiger partial charge in [0.15, 0.2) is 5.65 Å². The van der Waals surface area contributed by atoms with Gasteiger partial charge < -0.3 is 20.7 Å². The molecule has 0 aliphatic rings. The fraction of sp³-hybridized carbons (Fsp3) is 0.188. The molecule has 0 spiro atoms. The molecule has 3 aromatic rings. The molecule has 3 rings (SSSR count). The van der Waals surface area contributed by atoms with Crippen molar-refractivity contribution >= 4 is 11.6 Å². The van der Waals surface area contributed by atoms with Gasteiger partial charge in [0.25, 0.3) is 5.91 Å². The first-order chi connectivity index (χ1) is 11.6. The summed E-state index contributed by atoms with van der Waals surface area (Å²) in [4.78, 5) is 15.5. The van der Waals surface area contributed by atoms with E-state index in [1.54, 1.807) is 30.3 Å². The highest BCUT2D eigenvalue weighted by molar-refractivity contribution is 5.91. The second-order valence-electron chi connectivity index (χ2n) is 5.17. The molecule has 0 aliphatic carbocycles. The molecule has 0 aliphatic heterocycles. The van der Waals surface area contributed by atoms with Crippen molar-refractivity contribution < 1.29 is 19.7 Å². The Morgan fingerprint density at radius 1 is 1.33 bits per heavy atom. The Kier molecular flexibility index (Phi) is 4.41. The minimum atomic E-state index is -0.938. The summed E-state index contributed by atoms with van der Waals surface area (Å²) >= 11 is 0. The second kappa shape index (κ2) is 6.65. The van der Waals surface area contributed by atoms with E-state index in [-0.39, 0.29) is 18.9 Å². The lowest BCUT2D eigenvalue weighted by Crippen LogP contribution is -2.21. The molecule has 0 saturated carbocycles. The number of imidazole rings is 1. The average Bonchev–Trinajstić information content (AvgIpc) is 3.03. The van der Waals surface area contributed by atoms with Gasteiger partial charge in [0.05, 0.1) is 18.5 Å². The van der Waals surface area contributed by atoms with Crippen molar-refractivity contribution in [3.63, 3.8) is 0 Å². The molecule has 8 heteroatoms. The topological polar surface area (TPSA) is 123 Å². The largest absolute Gasteiger partial charge is 0.491 e. The average molecular weight is 328 g/mol. The number of aromatic nitrogens is 3. The number of nitrogens with zero attached hydrogens (tertiary/aromatic N) is 3. The first-order valence-electron chi connectivity index (χ1n) is 7.25. The molecule has 8 nitrogen and oxygen atoms in total. The minimum Gasteiger partial charge on any atom is -0.491 e. The molecule has 24 heavy (non-hydrogen) atoms. The van der Waals surface area contributed by atoms with Crippen LogP contribution in [0.2, 0.25) is 0 Å². The SMILES string of the molecule is NC(=O)c1cnc2ccc(-c3cccc(OCC(O)CO)c3)nn12. The zero-order chi connectivity index (χ0) is 17.1. The highest BCUT2D eigenvalue weighted by atomic mass is 16.5. The number of aliphatic hydroxyl groups is 2. The van der Waals surface area contributed by atoms with Gasteiger partial charge in [0, 0.05) is 5.56 Å². The Hall–Kier alpha value is -2.97. The summed E-state index contributed by atoms with van der Waals surface area (Å²) in [6.07, 6.45) is 0.441. The fourth-order valence-corrected chi connectivity index (χ4v) is 2.19. The third-order valence-corrected chi connectivity index (χ3v) is 3.40. The Morgan fingerprint density at radius 2 is 2.17 bits per heavy atom. The molecule has 124 valence electrons. The van der Waals surface area contributed by atoms with Crippen molar-refractivity contribution in [3.8, 4) is 17.0 Å². The summed E-state index contributed by atoms with van der Waals surface area (Å²) in [5.74, 6) is -0.0788. The van der Waals surface area contributed by atoms with Crippen LogP contribution in [0.5, 0.6) is 5.75 Å². The van der Waals surface area contributed by atoms with E-state index in [2.05, 4.69) is 10.1 Å². The standard InChI is InChI=1S/C16H16N4O4/c17-16(23)14-7-18-15-5-4-13(19-20(14)15)10-2-1-3-12(6-10)24-9-11(22)8-21/h1-7,11,21-22H,8-9H2,(H2,17,23). The summed E-state index contributed by atoms with van der Waals surface area (Å²) in [5, 5.41) is 22.5. The van der Waals surface area contributed by atoms with Crippen molar-refractivity contribution in [2.45, 2.75) is 6.10 Å². The number of ether oxygens (including phenoxy) is 1. The van der Waals surface area contributed by atoms with Crippen molar-refractivity contribution in [3.05, 3.63) is 48.3 Å². The Labute approximate surface area is 137 Å². The van der Waals surface area contributed by atoms with Crippen molar-refractivity contribution in [1.29, 1.82) is 0 Å². The highest BCUT2D eigenvalue weighted by Crippen LogP contribution is 2.23. The van der Waals surface area contributed by atoms with Gasteiger partial charge in [-0.2, -0.15) is 5.10 Å². The lowest BCUT2D eigenvalue weighted by atomic mass is 10.1. The van der Waals surface area contributed by atoms with Crippen molar-refractivity contribution in [2.75, 3.05) is 13.2 Å². The van der Waals surface area contributed by atoms with E-state index in [9.17, 15) is 9.90 Å². The highest BCUT2D eigenvalue weighted by Gasteiger charge is 2.11. The van der Waals surface area contributed by atoms with Crippen LogP contribution in [0, 0.1) is 0 Å². The molecule has 2 heterocycles. The van der Waals surface area contributed by atoms with Crippen LogP contribution >= 0.6 is 0 Å². The normalized spacial score (nSPS) is 12.2. The predicted octanol–water partition coefficient (Wildman–Crippen LogP) is 0.227. The van der Waals surface area contributed by atoms with Gasteiger partial charge in [-0.05, 0) is 24.3 Å². The van der Waals surface area contributed by atoms with Crippen LogP contribution in [0.4, 0.5) is 0 Å². The van der Waals surface area contributed by atoms with Gasteiger partial charge in [0.1, 0.15) is 24.2 Å². The second-order valence-corrected chi connectivity index (χ2v) is 5.17. The first kappa shape index (κ1) is 15.9. The number of carbonyl (C=O) groups excluding carboxylic acids is 1. The van der Waals surface area contributed by atoms with Crippen LogP contribution in [0.15, 0.2) is 42.6 Å². The molecule has 1 amide bonds. The summed E-state index contributed by atoms with van der Waals surface area (Å²) in [5.41, 5.74) is 7.40. The number of nitrogens with two attached hydrogens (primary N) is 1. The number of carbonyl (C=O) groups is 1. The zero-order valence-corrected chi connectivity index (χ0v) is 12.7.